The molecule has 3 unspecified atom stereocenters. The van der Waals surface area contributed by atoms with E-state index in [-0.39, 0.29) is 30.0 Å². The number of nitrogens with zero attached hydrogens (tertiary/aromatic N) is 4. The second kappa shape index (κ2) is 10.2. The van der Waals surface area contributed by atoms with Crippen molar-refractivity contribution in [3.8, 4) is 11.3 Å². The monoisotopic (exact) mass is 520 g/mol. The molecule has 2 aromatic heterocycles. The predicted octanol–water partition coefficient (Wildman–Crippen LogP) is 3.12. The lowest BCUT2D eigenvalue weighted by atomic mass is 9.97. The first-order chi connectivity index (χ1) is 18.1. The van der Waals surface area contributed by atoms with E-state index in [2.05, 4.69) is 48.4 Å². The molecule has 2 saturated heterocycles. The van der Waals surface area contributed by atoms with E-state index in [1.165, 1.54) is 0 Å². The highest BCUT2D eigenvalue weighted by molar-refractivity contribution is 5.99. The Kier molecular flexibility index (Phi) is 6.97. The van der Waals surface area contributed by atoms with Crippen molar-refractivity contribution in [2.24, 2.45) is 5.92 Å². The van der Waals surface area contributed by atoms with Crippen molar-refractivity contribution in [3.63, 3.8) is 0 Å². The SMILES string of the molecule is CC1NNC(C(=O)Nc2cnc3n[nH]c(-c4cccc(N5CCN(C(=O)OC(C)(C)C)CC5)c4)c3c2)C1C. The fourth-order valence-corrected chi connectivity index (χ4v) is 4.82. The summed E-state index contributed by atoms with van der Waals surface area (Å²) in [5, 5.41) is 11.3. The normalized spacial score (nSPS) is 22.1. The van der Waals surface area contributed by atoms with Gasteiger partial charge in [-0.15, -0.1) is 0 Å². The molecule has 2 aliphatic heterocycles. The maximum atomic E-state index is 12.9. The van der Waals surface area contributed by atoms with Crippen molar-refractivity contribution in [2.45, 2.75) is 52.3 Å². The van der Waals surface area contributed by atoms with Crippen LogP contribution in [0.15, 0.2) is 36.5 Å². The van der Waals surface area contributed by atoms with E-state index in [9.17, 15) is 9.59 Å². The number of fused-ring (bicyclic) bond motifs is 1. The molecule has 1 aromatic carbocycles. The zero-order valence-corrected chi connectivity index (χ0v) is 22.5. The number of piperazine rings is 1. The summed E-state index contributed by atoms with van der Waals surface area (Å²) in [5.74, 6) is 0.0537. The number of anilines is 2. The van der Waals surface area contributed by atoms with E-state index in [1.807, 2.05) is 52.8 Å². The van der Waals surface area contributed by atoms with Gasteiger partial charge < -0.3 is 19.9 Å². The molecular weight excluding hydrogens is 484 g/mol. The molecule has 38 heavy (non-hydrogen) atoms. The Morgan fingerprint density at radius 3 is 2.53 bits per heavy atom. The summed E-state index contributed by atoms with van der Waals surface area (Å²) in [6, 6.07) is 10.0. The van der Waals surface area contributed by atoms with Crippen molar-refractivity contribution >= 4 is 34.4 Å². The number of pyridine rings is 1. The van der Waals surface area contributed by atoms with Crippen molar-refractivity contribution in [1.29, 1.82) is 0 Å². The predicted molar refractivity (Wildman–Crippen MR) is 147 cm³/mol. The second-order valence-electron chi connectivity index (χ2n) is 11.1. The van der Waals surface area contributed by atoms with Crippen LogP contribution in [0.4, 0.5) is 16.2 Å². The van der Waals surface area contributed by atoms with Gasteiger partial charge in [-0.05, 0) is 51.8 Å². The Hall–Kier alpha value is -3.70. The topological polar surface area (TPSA) is 128 Å². The Labute approximate surface area is 222 Å². The van der Waals surface area contributed by atoms with Crippen LogP contribution in [0.2, 0.25) is 0 Å². The van der Waals surface area contributed by atoms with Crippen LogP contribution in [-0.2, 0) is 9.53 Å². The van der Waals surface area contributed by atoms with Crippen LogP contribution in [0.1, 0.15) is 34.6 Å². The number of aromatic amines is 1. The van der Waals surface area contributed by atoms with E-state index in [0.29, 0.717) is 37.5 Å². The maximum Gasteiger partial charge on any atom is 0.410 e. The van der Waals surface area contributed by atoms with Gasteiger partial charge in [-0.3, -0.25) is 15.3 Å². The Bertz CT molecular complexity index is 1330. The number of hydrogen-bond donors (Lipinski definition) is 4. The maximum absolute atomic E-state index is 12.9. The van der Waals surface area contributed by atoms with Crippen molar-refractivity contribution in [3.05, 3.63) is 36.5 Å². The molecule has 2 fully saturated rings. The summed E-state index contributed by atoms with van der Waals surface area (Å²) in [5.41, 5.74) is 9.75. The van der Waals surface area contributed by atoms with Gasteiger partial charge in [0.15, 0.2) is 5.65 Å². The molecular formula is C27H36N8O3. The van der Waals surface area contributed by atoms with E-state index >= 15 is 0 Å². The Morgan fingerprint density at radius 2 is 1.84 bits per heavy atom. The minimum Gasteiger partial charge on any atom is -0.444 e. The highest BCUT2D eigenvalue weighted by atomic mass is 16.6. The number of ether oxygens (including phenoxy) is 1. The molecule has 11 nitrogen and oxygen atoms in total. The van der Waals surface area contributed by atoms with Crippen LogP contribution < -0.4 is 21.1 Å². The standard InChI is InChI=1S/C27H36N8O3/c1-16-17(2)30-31-22(16)25(36)29-19-14-21-23(32-33-24(21)28-15-19)18-7-6-8-20(13-18)34-9-11-35(12-10-34)26(37)38-27(3,4)5/h6-8,13-17,22,30-31H,9-12H2,1-5H3,(H,29,36)(H,28,32,33). The molecule has 0 radical (unpaired) electrons. The molecule has 0 spiro atoms. The van der Waals surface area contributed by atoms with Gasteiger partial charge in [0.25, 0.3) is 0 Å². The third-order valence-electron chi connectivity index (χ3n) is 7.17. The molecule has 0 aliphatic carbocycles. The third kappa shape index (κ3) is 5.44. The first kappa shape index (κ1) is 25.9. The molecule has 5 rings (SSSR count). The average molecular weight is 521 g/mol. The van der Waals surface area contributed by atoms with Gasteiger partial charge in [0.1, 0.15) is 11.6 Å². The molecule has 11 heteroatoms. The lowest BCUT2D eigenvalue weighted by molar-refractivity contribution is -0.118. The van der Waals surface area contributed by atoms with E-state index < -0.39 is 5.60 Å². The van der Waals surface area contributed by atoms with Crippen LogP contribution in [0.3, 0.4) is 0 Å². The summed E-state index contributed by atoms with van der Waals surface area (Å²) in [6.07, 6.45) is 1.36. The second-order valence-corrected chi connectivity index (χ2v) is 11.1. The minimum atomic E-state index is -0.505. The van der Waals surface area contributed by atoms with Crippen molar-refractivity contribution < 1.29 is 14.3 Å². The molecule has 2 amide bonds. The molecule has 3 atom stereocenters. The number of amides is 2. The van der Waals surface area contributed by atoms with Gasteiger partial charge in [0.2, 0.25) is 5.91 Å². The minimum absolute atomic E-state index is 0.104. The van der Waals surface area contributed by atoms with Gasteiger partial charge in [0.05, 0.1) is 17.6 Å². The quantitative estimate of drug-likeness (QED) is 0.413. The van der Waals surface area contributed by atoms with Crippen molar-refractivity contribution in [2.75, 3.05) is 36.4 Å². The lowest BCUT2D eigenvalue weighted by Gasteiger charge is -2.36. The number of nitrogens with one attached hydrogen (secondary N) is 4. The Morgan fingerprint density at radius 1 is 1.08 bits per heavy atom. The highest BCUT2D eigenvalue weighted by Gasteiger charge is 2.34. The summed E-state index contributed by atoms with van der Waals surface area (Å²) in [7, 11) is 0. The fraction of sp³-hybridized carbons (Fsp3) is 0.481. The van der Waals surface area contributed by atoms with E-state index in [1.54, 1.807) is 11.1 Å². The summed E-state index contributed by atoms with van der Waals surface area (Å²) in [6.45, 7) is 12.4. The first-order valence-corrected chi connectivity index (χ1v) is 13.1. The highest BCUT2D eigenvalue weighted by Crippen LogP contribution is 2.30. The molecule has 0 bridgehead atoms. The summed E-state index contributed by atoms with van der Waals surface area (Å²) in [4.78, 5) is 33.7. The Balaban J connectivity index is 1.30. The lowest BCUT2D eigenvalue weighted by Crippen LogP contribution is -2.50. The largest absolute Gasteiger partial charge is 0.444 e. The van der Waals surface area contributed by atoms with E-state index in [0.717, 1.165) is 22.3 Å². The van der Waals surface area contributed by atoms with Crippen LogP contribution >= 0.6 is 0 Å². The van der Waals surface area contributed by atoms with Gasteiger partial charge in [-0.1, -0.05) is 19.1 Å². The number of carbonyl (C=O) groups excluding carboxylic acids is 2. The fourth-order valence-electron chi connectivity index (χ4n) is 4.82. The average Bonchev–Trinajstić information content (AvgIpc) is 3.46. The smallest absolute Gasteiger partial charge is 0.410 e. The van der Waals surface area contributed by atoms with E-state index in [4.69, 9.17) is 4.74 Å². The van der Waals surface area contributed by atoms with Crippen LogP contribution in [-0.4, -0.2) is 75.9 Å². The number of hydrazine groups is 1. The van der Waals surface area contributed by atoms with Gasteiger partial charge in [-0.2, -0.15) is 5.10 Å². The molecule has 202 valence electrons. The molecule has 3 aromatic rings. The molecule has 4 heterocycles. The van der Waals surface area contributed by atoms with Crippen LogP contribution in [0.5, 0.6) is 0 Å². The number of H-pyrrole nitrogens is 1. The number of aromatic nitrogens is 3. The summed E-state index contributed by atoms with van der Waals surface area (Å²) < 4.78 is 5.52. The zero-order chi connectivity index (χ0) is 27.0. The zero-order valence-electron chi connectivity index (χ0n) is 22.5. The first-order valence-electron chi connectivity index (χ1n) is 13.1. The van der Waals surface area contributed by atoms with Crippen molar-refractivity contribution in [1.82, 2.24) is 30.9 Å². The van der Waals surface area contributed by atoms with Gasteiger partial charge >= 0.3 is 6.09 Å². The number of hydrogen-bond acceptors (Lipinski definition) is 8. The summed E-state index contributed by atoms with van der Waals surface area (Å²) >= 11 is 0. The number of rotatable bonds is 4. The molecule has 2 aliphatic rings. The van der Waals surface area contributed by atoms with Crippen LogP contribution in [0, 0.1) is 5.92 Å². The molecule has 4 N–H and O–H groups in total. The third-order valence-corrected chi connectivity index (χ3v) is 7.17. The van der Waals surface area contributed by atoms with Gasteiger partial charge in [0, 0.05) is 48.9 Å². The number of benzene rings is 1. The van der Waals surface area contributed by atoms with Gasteiger partial charge in [-0.25, -0.2) is 15.2 Å². The van der Waals surface area contributed by atoms with Crippen LogP contribution in [0.25, 0.3) is 22.3 Å². The molecule has 0 saturated carbocycles. The number of carbonyl (C=O) groups is 2.